The van der Waals surface area contributed by atoms with Gasteiger partial charge in [-0.15, -0.1) is 11.3 Å². The van der Waals surface area contributed by atoms with Crippen LogP contribution in [0, 0.1) is 0 Å². The highest BCUT2D eigenvalue weighted by atomic mass is 32.1. The second-order valence-electron chi connectivity index (χ2n) is 3.69. The van der Waals surface area contributed by atoms with Crippen LogP contribution in [-0.4, -0.2) is 4.98 Å². The van der Waals surface area contributed by atoms with Gasteiger partial charge in [0.1, 0.15) is 0 Å². The van der Waals surface area contributed by atoms with Crippen molar-refractivity contribution >= 4 is 32.3 Å². The first-order chi connectivity index (χ1) is 8.05. The number of thiophene rings is 1. The van der Waals surface area contributed by atoms with E-state index < -0.39 is 11.7 Å². The Kier molecular flexibility index (Phi) is 2.13. The van der Waals surface area contributed by atoms with Crippen molar-refractivity contribution in [3.63, 3.8) is 0 Å². The third kappa shape index (κ3) is 1.67. The maximum atomic E-state index is 12.6. The van der Waals surface area contributed by atoms with Crippen molar-refractivity contribution in [3.8, 4) is 0 Å². The summed E-state index contributed by atoms with van der Waals surface area (Å²) in [5, 5.41) is 3.29. The third-order valence-electron chi connectivity index (χ3n) is 2.61. The van der Waals surface area contributed by atoms with Gasteiger partial charge < -0.3 is 0 Å². The molecule has 0 atom stereocenters. The van der Waals surface area contributed by atoms with E-state index in [-0.39, 0.29) is 0 Å². The Hall–Kier alpha value is -1.62. The van der Waals surface area contributed by atoms with E-state index in [1.807, 2.05) is 11.4 Å². The minimum atomic E-state index is -4.31. The molecule has 0 saturated heterocycles. The largest absolute Gasteiger partial charge is 0.416 e. The SMILES string of the molecule is FC(F)(F)c1ccc2ncc3ccsc3c2c1. The molecule has 5 heteroatoms. The van der Waals surface area contributed by atoms with E-state index in [1.54, 1.807) is 6.20 Å². The van der Waals surface area contributed by atoms with Gasteiger partial charge in [0.05, 0.1) is 11.1 Å². The lowest BCUT2D eigenvalue weighted by Crippen LogP contribution is -2.04. The lowest BCUT2D eigenvalue weighted by Gasteiger charge is -2.07. The van der Waals surface area contributed by atoms with Crippen molar-refractivity contribution in [1.82, 2.24) is 4.98 Å². The van der Waals surface area contributed by atoms with Crippen molar-refractivity contribution in [2.45, 2.75) is 6.18 Å². The highest BCUT2D eigenvalue weighted by molar-refractivity contribution is 7.18. The van der Waals surface area contributed by atoms with E-state index >= 15 is 0 Å². The molecule has 86 valence electrons. The molecular formula is C12H6F3NS. The van der Waals surface area contributed by atoms with Crippen LogP contribution in [0.5, 0.6) is 0 Å². The third-order valence-corrected chi connectivity index (χ3v) is 3.57. The van der Waals surface area contributed by atoms with Gasteiger partial charge in [0.2, 0.25) is 0 Å². The van der Waals surface area contributed by atoms with E-state index in [2.05, 4.69) is 4.98 Å². The van der Waals surface area contributed by atoms with Gasteiger partial charge in [0.15, 0.2) is 0 Å². The van der Waals surface area contributed by atoms with Gasteiger partial charge >= 0.3 is 6.18 Å². The zero-order valence-electron chi connectivity index (χ0n) is 8.45. The summed E-state index contributed by atoms with van der Waals surface area (Å²) >= 11 is 1.43. The number of benzene rings is 1. The fourth-order valence-electron chi connectivity index (χ4n) is 1.79. The molecule has 2 heterocycles. The molecule has 0 fully saturated rings. The summed E-state index contributed by atoms with van der Waals surface area (Å²) in [5.74, 6) is 0. The maximum absolute atomic E-state index is 12.6. The molecule has 0 unspecified atom stereocenters. The second-order valence-corrected chi connectivity index (χ2v) is 4.61. The standard InChI is InChI=1S/C12H6F3NS/c13-12(14,15)8-1-2-10-9(5-8)11-7(6-16-10)3-4-17-11/h1-6H. The predicted octanol–water partition coefficient (Wildman–Crippen LogP) is 4.47. The fraction of sp³-hybridized carbons (Fsp3) is 0.0833. The fourth-order valence-corrected chi connectivity index (χ4v) is 2.68. The van der Waals surface area contributed by atoms with Gasteiger partial charge in [-0.3, -0.25) is 4.98 Å². The van der Waals surface area contributed by atoms with E-state index in [9.17, 15) is 13.2 Å². The molecule has 3 aromatic rings. The summed E-state index contributed by atoms with van der Waals surface area (Å²) in [6.07, 6.45) is -2.63. The van der Waals surface area contributed by atoms with Gasteiger partial charge in [-0.1, -0.05) is 0 Å². The molecule has 0 N–H and O–H groups in total. The second kappa shape index (κ2) is 3.43. The monoisotopic (exact) mass is 253 g/mol. The Bertz CT molecular complexity index is 700. The average Bonchev–Trinajstić information content (AvgIpc) is 2.75. The Morgan fingerprint density at radius 1 is 1.12 bits per heavy atom. The van der Waals surface area contributed by atoms with Crippen LogP contribution in [0.4, 0.5) is 13.2 Å². The molecule has 0 bridgehead atoms. The molecule has 3 rings (SSSR count). The number of alkyl halides is 3. The Morgan fingerprint density at radius 2 is 1.94 bits per heavy atom. The number of hydrogen-bond donors (Lipinski definition) is 0. The van der Waals surface area contributed by atoms with Gasteiger partial charge in [-0.25, -0.2) is 0 Å². The summed E-state index contributed by atoms with van der Waals surface area (Å²) in [4.78, 5) is 4.14. The van der Waals surface area contributed by atoms with E-state index in [0.29, 0.717) is 10.9 Å². The number of aromatic nitrogens is 1. The smallest absolute Gasteiger partial charge is 0.256 e. The van der Waals surface area contributed by atoms with Crippen LogP contribution in [0.2, 0.25) is 0 Å². The lowest BCUT2D eigenvalue weighted by molar-refractivity contribution is -0.137. The quantitative estimate of drug-likeness (QED) is 0.576. The van der Waals surface area contributed by atoms with Crippen LogP contribution in [0.25, 0.3) is 21.0 Å². The summed E-state index contributed by atoms with van der Waals surface area (Å²) < 4.78 is 38.7. The van der Waals surface area contributed by atoms with Crippen LogP contribution in [0.15, 0.2) is 35.8 Å². The average molecular weight is 253 g/mol. The Balaban J connectivity index is 2.40. The normalized spacial score (nSPS) is 12.4. The molecule has 0 radical (unpaired) electrons. The van der Waals surface area contributed by atoms with Crippen LogP contribution in [0.3, 0.4) is 0 Å². The predicted molar refractivity (Wildman–Crippen MR) is 62.1 cm³/mol. The number of halogens is 3. The number of nitrogens with zero attached hydrogens (tertiary/aromatic N) is 1. The minimum Gasteiger partial charge on any atom is -0.256 e. The number of rotatable bonds is 0. The van der Waals surface area contributed by atoms with Gasteiger partial charge in [-0.2, -0.15) is 13.2 Å². The van der Waals surface area contributed by atoms with Crippen molar-refractivity contribution in [2.75, 3.05) is 0 Å². The van der Waals surface area contributed by atoms with Crippen LogP contribution >= 0.6 is 11.3 Å². The molecule has 1 nitrogen and oxygen atoms in total. The van der Waals surface area contributed by atoms with Crippen molar-refractivity contribution < 1.29 is 13.2 Å². The highest BCUT2D eigenvalue weighted by Gasteiger charge is 2.30. The maximum Gasteiger partial charge on any atom is 0.416 e. The van der Waals surface area contributed by atoms with Gasteiger partial charge in [0.25, 0.3) is 0 Å². The molecule has 0 amide bonds. The van der Waals surface area contributed by atoms with Crippen LogP contribution < -0.4 is 0 Å². The first-order valence-corrected chi connectivity index (χ1v) is 5.77. The molecule has 0 aliphatic heterocycles. The highest BCUT2D eigenvalue weighted by Crippen LogP contribution is 2.34. The molecule has 17 heavy (non-hydrogen) atoms. The molecule has 2 aromatic heterocycles. The zero-order chi connectivity index (χ0) is 12.0. The minimum absolute atomic E-state index is 0.562. The topological polar surface area (TPSA) is 12.9 Å². The molecule has 0 spiro atoms. The number of hydrogen-bond acceptors (Lipinski definition) is 2. The first-order valence-electron chi connectivity index (χ1n) is 4.89. The van der Waals surface area contributed by atoms with Crippen molar-refractivity contribution in [3.05, 3.63) is 41.4 Å². The summed E-state index contributed by atoms with van der Waals surface area (Å²) in [5.41, 5.74) is -0.0411. The molecule has 0 aliphatic carbocycles. The molecule has 0 aliphatic rings. The molecular weight excluding hydrogens is 247 g/mol. The number of fused-ring (bicyclic) bond motifs is 3. The molecule has 1 aromatic carbocycles. The van der Waals surface area contributed by atoms with E-state index in [0.717, 1.165) is 16.2 Å². The zero-order valence-corrected chi connectivity index (χ0v) is 9.27. The lowest BCUT2D eigenvalue weighted by atomic mass is 10.1. The Morgan fingerprint density at radius 3 is 2.71 bits per heavy atom. The van der Waals surface area contributed by atoms with Gasteiger partial charge in [0, 0.05) is 21.7 Å². The summed E-state index contributed by atoms with van der Waals surface area (Å²) in [7, 11) is 0. The number of pyridine rings is 1. The Labute approximate surface area is 98.5 Å². The van der Waals surface area contributed by atoms with Crippen molar-refractivity contribution in [2.24, 2.45) is 0 Å². The van der Waals surface area contributed by atoms with E-state index in [4.69, 9.17) is 0 Å². The first kappa shape index (κ1) is 10.5. The summed E-state index contributed by atoms with van der Waals surface area (Å²) in [6.45, 7) is 0. The van der Waals surface area contributed by atoms with Gasteiger partial charge in [-0.05, 0) is 29.6 Å². The summed E-state index contributed by atoms with van der Waals surface area (Å²) in [6, 6.07) is 5.50. The van der Waals surface area contributed by atoms with Crippen molar-refractivity contribution in [1.29, 1.82) is 0 Å². The van der Waals surface area contributed by atoms with Crippen LogP contribution in [-0.2, 0) is 6.18 Å². The van der Waals surface area contributed by atoms with E-state index in [1.165, 1.54) is 23.5 Å². The molecule has 0 saturated carbocycles. The van der Waals surface area contributed by atoms with Crippen LogP contribution in [0.1, 0.15) is 5.56 Å².